The molecule has 27 heavy (non-hydrogen) atoms. The Morgan fingerprint density at radius 2 is 2.04 bits per heavy atom. The fraction of sp³-hybridized carbons (Fsp3) is 0.300. The summed E-state index contributed by atoms with van der Waals surface area (Å²) in [5, 5.41) is 8.31. The molecule has 0 atom stereocenters. The third-order valence-electron chi connectivity index (χ3n) is 5.31. The molecule has 0 fully saturated rings. The van der Waals surface area contributed by atoms with E-state index in [9.17, 15) is 4.79 Å². The molecule has 138 valence electrons. The molecule has 0 bridgehead atoms. The molecule has 0 unspecified atom stereocenters. The Bertz CT molecular complexity index is 982. The summed E-state index contributed by atoms with van der Waals surface area (Å²) in [6.07, 6.45) is 1.60. The fourth-order valence-electron chi connectivity index (χ4n) is 3.85. The third-order valence-corrected chi connectivity index (χ3v) is 5.57. The van der Waals surface area contributed by atoms with Gasteiger partial charge in [0.2, 0.25) is 0 Å². The van der Waals surface area contributed by atoms with Gasteiger partial charge in [-0.15, -0.1) is 0 Å². The molecule has 3 aromatic rings. The van der Waals surface area contributed by atoms with Crippen LogP contribution in [0.25, 0.3) is 11.3 Å². The van der Waals surface area contributed by atoms with Crippen molar-refractivity contribution >= 4 is 17.5 Å². The molecule has 1 amide bonds. The van der Waals surface area contributed by atoms with Crippen LogP contribution in [0.1, 0.15) is 33.0 Å². The predicted octanol–water partition coefficient (Wildman–Crippen LogP) is 3.33. The maximum atomic E-state index is 13.0. The second-order valence-corrected chi connectivity index (χ2v) is 7.44. The highest BCUT2D eigenvalue weighted by molar-refractivity contribution is 6.30. The van der Waals surface area contributed by atoms with Crippen molar-refractivity contribution in [3.05, 3.63) is 63.6 Å². The largest absolute Gasteiger partial charge is 0.376 e. The van der Waals surface area contributed by atoms with Crippen molar-refractivity contribution in [1.82, 2.24) is 20.1 Å². The number of hydrogen-bond donors (Lipinski definition) is 2. The van der Waals surface area contributed by atoms with Crippen molar-refractivity contribution in [3.63, 3.8) is 0 Å². The molecule has 2 N–H and O–H groups in total. The lowest BCUT2D eigenvalue weighted by atomic mass is 10.0. The quantitative estimate of drug-likeness (QED) is 0.714. The van der Waals surface area contributed by atoms with Crippen LogP contribution in [-0.2, 0) is 30.7 Å². The van der Waals surface area contributed by atoms with Gasteiger partial charge in [0, 0.05) is 46.9 Å². The zero-order chi connectivity index (χ0) is 18.4. The summed E-state index contributed by atoms with van der Waals surface area (Å²) in [5.41, 5.74) is 6.92. The van der Waals surface area contributed by atoms with E-state index in [0.717, 1.165) is 46.6 Å². The van der Waals surface area contributed by atoms with Crippen LogP contribution in [-0.4, -0.2) is 39.1 Å². The van der Waals surface area contributed by atoms with E-state index in [-0.39, 0.29) is 5.91 Å². The number of benzene rings is 1. The SMILES string of the molecule is O=C(c1cc2c([nH]1)CCOC2)N1CCc2[nH]nc(-c3ccc(Cl)cc3)c2C1. The first-order valence-electron chi connectivity index (χ1n) is 9.09. The van der Waals surface area contributed by atoms with Crippen LogP contribution in [0.4, 0.5) is 0 Å². The molecule has 0 saturated carbocycles. The van der Waals surface area contributed by atoms with Gasteiger partial charge in [0.1, 0.15) is 5.69 Å². The summed E-state index contributed by atoms with van der Waals surface area (Å²) >= 11 is 6.00. The van der Waals surface area contributed by atoms with Crippen molar-refractivity contribution in [2.75, 3.05) is 13.2 Å². The van der Waals surface area contributed by atoms with E-state index in [2.05, 4.69) is 15.2 Å². The second kappa shape index (κ2) is 6.55. The molecular formula is C20H19ClN4O2. The Morgan fingerprint density at radius 3 is 2.85 bits per heavy atom. The summed E-state index contributed by atoms with van der Waals surface area (Å²) in [6.45, 7) is 2.50. The van der Waals surface area contributed by atoms with E-state index >= 15 is 0 Å². The number of aromatic amines is 2. The van der Waals surface area contributed by atoms with Crippen molar-refractivity contribution in [2.24, 2.45) is 0 Å². The summed E-state index contributed by atoms with van der Waals surface area (Å²) in [7, 11) is 0. The Balaban J connectivity index is 1.42. The van der Waals surface area contributed by atoms with E-state index < -0.39 is 0 Å². The Kier molecular flexibility index (Phi) is 4.02. The van der Waals surface area contributed by atoms with Gasteiger partial charge in [-0.1, -0.05) is 23.7 Å². The number of carbonyl (C=O) groups excluding carboxylic acids is 1. The maximum absolute atomic E-state index is 13.0. The highest BCUT2D eigenvalue weighted by Gasteiger charge is 2.28. The lowest BCUT2D eigenvalue weighted by Crippen LogP contribution is -2.36. The zero-order valence-electron chi connectivity index (χ0n) is 14.7. The highest BCUT2D eigenvalue weighted by Crippen LogP contribution is 2.30. The van der Waals surface area contributed by atoms with Crippen LogP contribution in [0.5, 0.6) is 0 Å². The molecule has 0 saturated heterocycles. The first-order valence-corrected chi connectivity index (χ1v) is 9.46. The fourth-order valence-corrected chi connectivity index (χ4v) is 3.97. The molecule has 4 heterocycles. The maximum Gasteiger partial charge on any atom is 0.270 e. The summed E-state index contributed by atoms with van der Waals surface area (Å²) in [4.78, 5) is 18.2. The normalized spacial score (nSPS) is 16.1. The lowest BCUT2D eigenvalue weighted by Gasteiger charge is -2.27. The number of carbonyl (C=O) groups is 1. The van der Waals surface area contributed by atoms with Gasteiger partial charge in [-0.25, -0.2) is 0 Å². The second-order valence-electron chi connectivity index (χ2n) is 7.00. The van der Waals surface area contributed by atoms with E-state index in [4.69, 9.17) is 16.3 Å². The van der Waals surface area contributed by atoms with Gasteiger partial charge in [0.05, 0.1) is 25.5 Å². The Labute approximate surface area is 161 Å². The molecule has 6 nitrogen and oxygen atoms in total. The summed E-state index contributed by atoms with van der Waals surface area (Å²) in [5.74, 6) is 0.0262. The van der Waals surface area contributed by atoms with Gasteiger partial charge in [0.25, 0.3) is 5.91 Å². The molecule has 0 radical (unpaired) electrons. The van der Waals surface area contributed by atoms with Gasteiger partial charge >= 0.3 is 0 Å². The van der Waals surface area contributed by atoms with Crippen LogP contribution in [0, 0.1) is 0 Å². The molecule has 7 heteroatoms. The molecule has 2 aromatic heterocycles. The predicted molar refractivity (Wildman–Crippen MR) is 102 cm³/mol. The number of halogens is 1. The zero-order valence-corrected chi connectivity index (χ0v) is 15.5. The molecule has 1 aromatic carbocycles. The smallest absolute Gasteiger partial charge is 0.270 e. The molecule has 2 aliphatic rings. The van der Waals surface area contributed by atoms with E-state index in [1.807, 2.05) is 35.2 Å². The first kappa shape index (κ1) is 16.6. The van der Waals surface area contributed by atoms with Crippen LogP contribution in [0.15, 0.2) is 30.3 Å². The Hall–Kier alpha value is -2.57. The number of rotatable bonds is 2. The van der Waals surface area contributed by atoms with Gasteiger partial charge in [-0.3, -0.25) is 9.89 Å². The molecule has 5 rings (SSSR count). The van der Waals surface area contributed by atoms with Crippen molar-refractivity contribution in [1.29, 1.82) is 0 Å². The number of amides is 1. The van der Waals surface area contributed by atoms with E-state index in [1.165, 1.54) is 0 Å². The minimum atomic E-state index is 0.0262. The van der Waals surface area contributed by atoms with Crippen LogP contribution < -0.4 is 0 Å². The lowest BCUT2D eigenvalue weighted by molar-refractivity contribution is 0.0729. The number of nitrogens with zero attached hydrogens (tertiary/aromatic N) is 2. The molecule has 2 aliphatic heterocycles. The number of aromatic nitrogens is 3. The summed E-state index contributed by atoms with van der Waals surface area (Å²) in [6, 6.07) is 9.56. The molecule has 0 spiro atoms. The van der Waals surface area contributed by atoms with Gasteiger partial charge in [-0.2, -0.15) is 5.10 Å². The average Bonchev–Trinajstić information content (AvgIpc) is 3.31. The van der Waals surface area contributed by atoms with E-state index in [1.54, 1.807) is 0 Å². The molecular weight excluding hydrogens is 364 g/mol. The van der Waals surface area contributed by atoms with Crippen LogP contribution >= 0.6 is 11.6 Å². The van der Waals surface area contributed by atoms with Gasteiger partial charge in [-0.05, 0) is 23.8 Å². The van der Waals surface area contributed by atoms with Crippen LogP contribution in [0.2, 0.25) is 5.02 Å². The minimum absolute atomic E-state index is 0.0262. The molecule has 0 aliphatic carbocycles. The number of ether oxygens (including phenoxy) is 1. The first-order chi connectivity index (χ1) is 13.2. The van der Waals surface area contributed by atoms with Gasteiger partial charge < -0.3 is 14.6 Å². The van der Waals surface area contributed by atoms with Crippen molar-refractivity contribution in [3.8, 4) is 11.3 Å². The monoisotopic (exact) mass is 382 g/mol. The highest BCUT2D eigenvalue weighted by atomic mass is 35.5. The Morgan fingerprint density at radius 1 is 1.19 bits per heavy atom. The minimum Gasteiger partial charge on any atom is -0.376 e. The standard InChI is InChI=1S/C20H19ClN4O2/c21-14-3-1-12(2-4-14)19-15-10-25(7-5-17(15)23-24-19)20(26)18-9-13-11-27-8-6-16(13)22-18/h1-4,9,22H,5-8,10-11H2,(H,23,24). The number of H-pyrrole nitrogens is 2. The topological polar surface area (TPSA) is 74.0 Å². The van der Waals surface area contributed by atoms with Gasteiger partial charge in [0.15, 0.2) is 0 Å². The van der Waals surface area contributed by atoms with Crippen molar-refractivity contribution in [2.45, 2.75) is 26.0 Å². The number of fused-ring (bicyclic) bond motifs is 2. The number of hydrogen-bond acceptors (Lipinski definition) is 3. The van der Waals surface area contributed by atoms with Crippen LogP contribution in [0.3, 0.4) is 0 Å². The van der Waals surface area contributed by atoms with E-state index in [0.29, 0.717) is 37.0 Å². The summed E-state index contributed by atoms with van der Waals surface area (Å²) < 4.78 is 5.48. The average molecular weight is 383 g/mol. The third kappa shape index (κ3) is 2.95. The van der Waals surface area contributed by atoms with Crippen molar-refractivity contribution < 1.29 is 9.53 Å². The number of nitrogens with one attached hydrogen (secondary N) is 2.